The second-order valence-electron chi connectivity index (χ2n) is 5.75. The third-order valence-electron chi connectivity index (χ3n) is 3.86. The Hall–Kier alpha value is -1.15. The largest absolute Gasteiger partial charge is 0.340 e. The third-order valence-corrected chi connectivity index (χ3v) is 4.97. The number of piperazine rings is 1. The maximum absolute atomic E-state index is 12.0. The summed E-state index contributed by atoms with van der Waals surface area (Å²) in [6, 6.07) is 7.77. The summed E-state index contributed by atoms with van der Waals surface area (Å²) in [5.74, 6) is -0.144. The Kier molecular flexibility index (Phi) is 6.41. The average Bonchev–Trinajstić information content (AvgIpc) is 2.49. The zero-order valence-electron chi connectivity index (χ0n) is 12.9. The quantitative estimate of drug-likeness (QED) is 0.823. The Bertz CT molecular complexity index is 626. The van der Waals surface area contributed by atoms with E-state index in [-0.39, 0.29) is 24.5 Å². The molecule has 1 aliphatic heterocycles. The second kappa shape index (κ2) is 8.10. The monoisotopic (exact) mass is 359 g/mol. The highest BCUT2D eigenvalue weighted by Crippen LogP contribution is 2.13. The van der Waals surface area contributed by atoms with Crippen LogP contribution < -0.4 is 5.14 Å². The van der Waals surface area contributed by atoms with Gasteiger partial charge >= 0.3 is 0 Å². The summed E-state index contributed by atoms with van der Waals surface area (Å²) >= 11 is 5.87. The third kappa shape index (κ3) is 6.47. The van der Waals surface area contributed by atoms with Gasteiger partial charge in [-0.2, -0.15) is 0 Å². The summed E-state index contributed by atoms with van der Waals surface area (Å²) in [4.78, 5) is 16.1. The molecule has 0 aromatic heterocycles. The van der Waals surface area contributed by atoms with Gasteiger partial charge in [0.15, 0.2) is 0 Å². The molecule has 0 radical (unpaired) electrons. The van der Waals surface area contributed by atoms with Crippen LogP contribution in [0.15, 0.2) is 24.3 Å². The zero-order valence-corrected chi connectivity index (χ0v) is 14.5. The van der Waals surface area contributed by atoms with Crippen LogP contribution in [0.1, 0.15) is 18.4 Å². The summed E-state index contributed by atoms with van der Waals surface area (Å²) in [6.07, 6.45) is 0.510. The Balaban J connectivity index is 1.72. The minimum atomic E-state index is -3.49. The van der Waals surface area contributed by atoms with Gasteiger partial charge in [-0.1, -0.05) is 23.7 Å². The number of amides is 1. The Morgan fingerprint density at radius 1 is 1.13 bits per heavy atom. The normalized spacial score (nSPS) is 16.5. The van der Waals surface area contributed by atoms with Gasteiger partial charge in [-0.25, -0.2) is 13.6 Å². The van der Waals surface area contributed by atoms with Gasteiger partial charge in [0.2, 0.25) is 15.9 Å². The van der Waals surface area contributed by atoms with Crippen LogP contribution in [0, 0.1) is 0 Å². The van der Waals surface area contributed by atoms with E-state index in [9.17, 15) is 13.2 Å². The molecule has 1 heterocycles. The lowest BCUT2D eigenvalue weighted by Gasteiger charge is -2.34. The van der Waals surface area contributed by atoms with Crippen molar-refractivity contribution >= 4 is 27.5 Å². The molecular formula is C15H22ClN3O3S. The lowest BCUT2D eigenvalue weighted by atomic mass is 10.2. The number of hydrogen-bond acceptors (Lipinski definition) is 4. The van der Waals surface area contributed by atoms with E-state index in [2.05, 4.69) is 4.90 Å². The molecule has 128 valence electrons. The van der Waals surface area contributed by atoms with Gasteiger partial charge in [-0.05, 0) is 24.1 Å². The number of primary sulfonamides is 1. The molecule has 0 bridgehead atoms. The zero-order chi connectivity index (χ0) is 16.9. The summed E-state index contributed by atoms with van der Waals surface area (Å²) in [6.45, 7) is 3.79. The number of carbonyl (C=O) groups excluding carboxylic acids is 1. The van der Waals surface area contributed by atoms with E-state index >= 15 is 0 Å². The molecule has 8 heteroatoms. The van der Waals surface area contributed by atoms with Crippen LogP contribution >= 0.6 is 11.6 Å². The van der Waals surface area contributed by atoms with E-state index < -0.39 is 10.0 Å². The van der Waals surface area contributed by atoms with Gasteiger partial charge < -0.3 is 4.90 Å². The van der Waals surface area contributed by atoms with Crippen molar-refractivity contribution in [2.45, 2.75) is 19.4 Å². The standard InChI is InChI=1S/C15H22ClN3O3S/c16-14-5-3-13(4-6-14)12-18-7-9-19(10-8-18)15(20)2-1-11-23(17,21)22/h3-6H,1-2,7-12H2,(H2,17,21,22). The van der Waals surface area contributed by atoms with Crippen LogP contribution in [-0.2, 0) is 21.4 Å². The van der Waals surface area contributed by atoms with Crippen LogP contribution in [0.25, 0.3) is 0 Å². The second-order valence-corrected chi connectivity index (χ2v) is 7.92. The van der Waals surface area contributed by atoms with Crippen LogP contribution in [0.2, 0.25) is 5.02 Å². The van der Waals surface area contributed by atoms with E-state index in [1.165, 1.54) is 5.56 Å². The van der Waals surface area contributed by atoms with Crippen molar-refractivity contribution in [2.24, 2.45) is 5.14 Å². The predicted molar refractivity (Wildman–Crippen MR) is 90.5 cm³/mol. The molecule has 0 aliphatic carbocycles. The molecular weight excluding hydrogens is 338 g/mol. The van der Waals surface area contributed by atoms with Crippen molar-refractivity contribution in [3.8, 4) is 0 Å². The number of nitrogens with zero attached hydrogens (tertiary/aromatic N) is 2. The number of nitrogens with two attached hydrogens (primary N) is 1. The number of benzene rings is 1. The molecule has 0 atom stereocenters. The van der Waals surface area contributed by atoms with Gasteiger partial charge in [0.1, 0.15) is 0 Å². The lowest BCUT2D eigenvalue weighted by molar-refractivity contribution is -0.133. The van der Waals surface area contributed by atoms with E-state index in [0.717, 1.165) is 24.7 Å². The fraction of sp³-hybridized carbons (Fsp3) is 0.533. The molecule has 0 saturated carbocycles. The van der Waals surface area contributed by atoms with Crippen molar-refractivity contribution in [3.05, 3.63) is 34.9 Å². The molecule has 1 saturated heterocycles. The molecule has 1 aromatic carbocycles. The van der Waals surface area contributed by atoms with Crippen molar-refractivity contribution in [2.75, 3.05) is 31.9 Å². The molecule has 1 aliphatic rings. The SMILES string of the molecule is NS(=O)(=O)CCCC(=O)N1CCN(Cc2ccc(Cl)cc2)CC1. The molecule has 6 nitrogen and oxygen atoms in total. The maximum atomic E-state index is 12.0. The number of halogens is 1. The first-order valence-electron chi connectivity index (χ1n) is 7.58. The van der Waals surface area contributed by atoms with Crippen molar-refractivity contribution in [1.82, 2.24) is 9.80 Å². The van der Waals surface area contributed by atoms with Crippen LogP contribution in [0.3, 0.4) is 0 Å². The maximum Gasteiger partial charge on any atom is 0.222 e. The number of rotatable bonds is 6. The van der Waals surface area contributed by atoms with E-state index in [4.69, 9.17) is 16.7 Å². The minimum Gasteiger partial charge on any atom is -0.340 e. The van der Waals surface area contributed by atoms with Gasteiger partial charge in [-0.15, -0.1) is 0 Å². The van der Waals surface area contributed by atoms with Gasteiger partial charge in [0.25, 0.3) is 0 Å². The van der Waals surface area contributed by atoms with Crippen LogP contribution in [0.4, 0.5) is 0 Å². The average molecular weight is 360 g/mol. The molecule has 23 heavy (non-hydrogen) atoms. The van der Waals surface area contributed by atoms with Crippen molar-refractivity contribution in [1.29, 1.82) is 0 Å². The number of sulfonamides is 1. The van der Waals surface area contributed by atoms with Crippen LogP contribution in [-0.4, -0.2) is 56.1 Å². The summed E-state index contributed by atoms with van der Waals surface area (Å²) < 4.78 is 21.7. The topological polar surface area (TPSA) is 83.7 Å². The van der Waals surface area contributed by atoms with Gasteiger partial charge in [-0.3, -0.25) is 9.69 Å². The predicted octanol–water partition coefficient (Wildman–Crippen LogP) is 1.05. The number of carbonyl (C=O) groups is 1. The molecule has 2 N–H and O–H groups in total. The summed E-state index contributed by atoms with van der Waals surface area (Å²) in [5, 5.41) is 5.66. The molecule has 2 rings (SSSR count). The first-order valence-corrected chi connectivity index (χ1v) is 9.68. The highest BCUT2D eigenvalue weighted by molar-refractivity contribution is 7.89. The van der Waals surface area contributed by atoms with Gasteiger partial charge in [0, 0.05) is 44.2 Å². The highest BCUT2D eigenvalue weighted by atomic mass is 35.5. The highest BCUT2D eigenvalue weighted by Gasteiger charge is 2.21. The van der Waals surface area contributed by atoms with Gasteiger partial charge in [0.05, 0.1) is 5.75 Å². The number of hydrogen-bond donors (Lipinski definition) is 1. The summed E-state index contributed by atoms with van der Waals surface area (Å²) in [7, 11) is -3.49. The first kappa shape index (κ1) is 18.2. The van der Waals surface area contributed by atoms with E-state index in [0.29, 0.717) is 13.1 Å². The van der Waals surface area contributed by atoms with Crippen molar-refractivity contribution in [3.63, 3.8) is 0 Å². The Morgan fingerprint density at radius 3 is 2.30 bits per heavy atom. The Morgan fingerprint density at radius 2 is 1.74 bits per heavy atom. The molecule has 1 aromatic rings. The molecule has 0 unspecified atom stereocenters. The fourth-order valence-corrected chi connectivity index (χ4v) is 3.26. The minimum absolute atomic E-state index is 0.000192. The van der Waals surface area contributed by atoms with Crippen molar-refractivity contribution < 1.29 is 13.2 Å². The smallest absolute Gasteiger partial charge is 0.222 e. The lowest BCUT2D eigenvalue weighted by Crippen LogP contribution is -2.48. The molecule has 1 fully saturated rings. The molecule has 0 spiro atoms. The fourth-order valence-electron chi connectivity index (χ4n) is 2.59. The first-order chi connectivity index (χ1) is 10.8. The summed E-state index contributed by atoms with van der Waals surface area (Å²) in [5.41, 5.74) is 1.20. The van der Waals surface area contributed by atoms with E-state index in [1.807, 2.05) is 24.3 Å². The van der Waals surface area contributed by atoms with Crippen LogP contribution in [0.5, 0.6) is 0 Å². The molecule has 1 amide bonds. The van der Waals surface area contributed by atoms with E-state index in [1.54, 1.807) is 4.90 Å². The Labute approximate surface area is 142 Å².